The highest BCUT2D eigenvalue weighted by atomic mass is 19.1. The van der Waals surface area contributed by atoms with E-state index in [1.54, 1.807) is 24.4 Å². The number of nitrogens with zero attached hydrogens (tertiary/aromatic N) is 3. The summed E-state index contributed by atoms with van der Waals surface area (Å²) in [6, 6.07) is 7.21. The van der Waals surface area contributed by atoms with Crippen LogP contribution in [-0.4, -0.2) is 48.3 Å². The molecule has 10 heteroatoms. The second-order valence-corrected chi connectivity index (χ2v) is 9.37. The lowest BCUT2D eigenvalue weighted by molar-refractivity contribution is -0.119. The molecule has 0 unspecified atom stereocenters. The molecule has 188 valence electrons. The van der Waals surface area contributed by atoms with Crippen LogP contribution in [0, 0.1) is 11.7 Å². The number of aliphatic hydroxyl groups excluding tert-OH is 2. The van der Waals surface area contributed by atoms with Crippen LogP contribution < -0.4 is 10.1 Å². The molecule has 1 fully saturated rings. The van der Waals surface area contributed by atoms with Crippen molar-refractivity contribution in [3.05, 3.63) is 54.1 Å². The Morgan fingerprint density at radius 2 is 2.09 bits per heavy atom. The highest BCUT2D eigenvalue weighted by molar-refractivity contribution is 5.93. The van der Waals surface area contributed by atoms with E-state index >= 15 is 0 Å². The minimum Gasteiger partial charge on any atom is -0.494 e. The number of aromatic hydroxyl groups is 1. The largest absolute Gasteiger partial charge is 0.494 e. The molecular weight excluding hydrogens is 455 g/mol. The lowest BCUT2D eigenvalue weighted by Crippen LogP contribution is -2.27. The molecule has 4 N–H and O–H groups in total. The zero-order valence-corrected chi connectivity index (χ0v) is 19.8. The van der Waals surface area contributed by atoms with Crippen LogP contribution in [0.3, 0.4) is 0 Å². The van der Waals surface area contributed by atoms with Gasteiger partial charge >= 0.3 is 0 Å². The van der Waals surface area contributed by atoms with Crippen molar-refractivity contribution in [1.29, 1.82) is 0 Å². The number of aromatic nitrogens is 3. The van der Waals surface area contributed by atoms with Gasteiger partial charge < -0.3 is 29.9 Å². The summed E-state index contributed by atoms with van der Waals surface area (Å²) in [5.41, 5.74) is 0.633. The van der Waals surface area contributed by atoms with Crippen LogP contribution >= 0.6 is 0 Å². The lowest BCUT2D eigenvalue weighted by atomic mass is 10.0. The van der Waals surface area contributed by atoms with Gasteiger partial charge in [-0.15, -0.1) is 0 Å². The maximum Gasteiger partial charge on any atom is 0.248 e. The van der Waals surface area contributed by atoms with E-state index in [0.717, 1.165) is 12.8 Å². The number of anilines is 1. The summed E-state index contributed by atoms with van der Waals surface area (Å²) in [6.45, 7) is 3.60. The van der Waals surface area contributed by atoms with Gasteiger partial charge in [0.1, 0.15) is 11.8 Å². The van der Waals surface area contributed by atoms with Crippen LogP contribution in [0.5, 0.6) is 17.4 Å². The van der Waals surface area contributed by atoms with Crippen LogP contribution in [0.4, 0.5) is 10.2 Å². The zero-order valence-electron chi connectivity index (χ0n) is 19.8. The summed E-state index contributed by atoms with van der Waals surface area (Å²) >= 11 is 0. The average Bonchev–Trinajstić information content (AvgIpc) is 3.46. The Morgan fingerprint density at radius 1 is 1.31 bits per heavy atom. The van der Waals surface area contributed by atoms with Gasteiger partial charge in [-0.25, -0.2) is 4.39 Å². The molecule has 3 aromatic rings. The van der Waals surface area contributed by atoms with Crippen LogP contribution in [-0.2, 0) is 11.3 Å². The van der Waals surface area contributed by atoms with Gasteiger partial charge in [0.2, 0.25) is 5.91 Å². The summed E-state index contributed by atoms with van der Waals surface area (Å²) in [7, 11) is 0. The molecule has 4 rings (SSSR count). The van der Waals surface area contributed by atoms with E-state index in [-0.39, 0.29) is 41.6 Å². The van der Waals surface area contributed by atoms with Crippen molar-refractivity contribution in [2.45, 2.75) is 57.7 Å². The molecule has 1 aromatic carbocycles. The highest BCUT2D eigenvalue weighted by Gasteiger charge is 2.29. The summed E-state index contributed by atoms with van der Waals surface area (Å²) in [5.74, 6) is -0.0585. The molecule has 0 spiro atoms. The monoisotopic (exact) mass is 486 g/mol. The van der Waals surface area contributed by atoms with Gasteiger partial charge in [0.05, 0.1) is 25.5 Å². The lowest BCUT2D eigenvalue weighted by Gasteiger charge is -2.20. The number of halogens is 1. The molecule has 35 heavy (non-hydrogen) atoms. The Balaban J connectivity index is 1.51. The zero-order chi connectivity index (χ0) is 25.1. The minimum atomic E-state index is -0.961. The fraction of sp³-hybridized carbons (Fsp3) is 0.440. The number of rotatable bonds is 11. The van der Waals surface area contributed by atoms with Crippen molar-refractivity contribution < 1.29 is 29.2 Å². The molecule has 0 bridgehead atoms. The number of nitrogens with one attached hydrogen (secondary N) is 1. The standard InChI is InChI=1S/C25H31FN4O5/c1-15(2)10-20(25(34)27-22-8-9-29(28-22)12-17(32)14-31)30-13-18(11-23(30)33)35-21-5-3-4-19(24(21)26)16-6-7-16/h3-5,8-9,11,13,15-17,20,31-33H,6-7,10,12,14H2,1-2H3,(H,27,28,34)/t17-,20+/m1/s1. The van der Waals surface area contributed by atoms with Gasteiger partial charge in [-0.3, -0.25) is 9.48 Å². The van der Waals surface area contributed by atoms with E-state index in [1.807, 2.05) is 13.8 Å². The van der Waals surface area contributed by atoms with E-state index in [4.69, 9.17) is 9.84 Å². The smallest absolute Gasteiger partial charge is 0.248 e. The summed E-state index contributed by atoms with van der Waals surface area (Å²) in [4.78, 5) is 13.2. The van der Waals surface area contributed by atoms with Crippen molar-refractivity contribution in [2.24, 2.45) is 5.92 Å². The van der Waals surface area contributed by atoms with Crippen LogP contribution in [0.2, 0.25) is 0 Å². The molecule has 1 aliphatic carbocycles. The maximum atomic E-state index is 14.9. The first kappa shape index (κ1) is 24.7. The third-order valence-corrected chi connectivity index (χ3v) is 5.87. The van der Waals surface area contributed by atoms with Crippen LogP contribution in [0.15, 0.2) is 42.7 Å². The first-order valence-corrected chi connectivity index (χ1v) is 11.8. The highest BCUT2D eigenvalue weighted by Crippen LogP contribution is 2.43. The quantitative estimate of drug-likeness (QED) is 0.327. The Morgan fingerprint density at radius 3 is 2.77 bits per heavy atom. The number of benzene rings is 1. The number of amides is 1. The Hall–Kier alpha value is -3.37. The van der Waals surface area contributed by atoms with Gasteiger partial charge in [-0.2, -0.15) is 5.10 Å². The fourth-order valence-corrected chi connectivity index (χ4v) is 4.00. The number of carbonyl (C=O) groups is 1. The first-order chi connectivity index (χ1) is 16.7. The van der Waals surface area contributed by atoms with Crippen molar-refractivity contribution >= 4 is 11.7 Å². The predicted molar refractivity (Wildman–Crippen MR) is 127 cm³/mol. The Bertz CT molecular complexity index is 1170. The second-order valence-electron chi connectivity index (χ2n) is 9.37. The van der Waals surface area contributed by atoms with E-state index in [9.17, 15) is 19.4 Å². The van der Waals surface area contributed by atoms with Gasteiger partial charge in [-0.05, 0) is 42.7 Å². The molecule has 0 aliphatic heterocycles. The van der Waals surface area contributed by atoms with Gasteiger partial charge in [0.15, 0.2) is 23.3 Å². The van der Waals surface area contributed by atoms with Crippen molar-refractivity contribution in [1.82, 2.24) is 14.3 Å². The van der Waals surface area contributed by atoms with E-state index in [2.05, 4.69) is 10.4 Å². The van der Waals surface area contributed by atoms with E-state index < -0.39 is 30.5 Å². The molecule has 0 radical (unpaired) electrons. The number of aliphatic hydroxyl groups is 2. The molecule has 0 saturated heterocycles. The predicted octanol–water partition coefficient (Wildman–Crippen LogP) is 3.78. The van der Waals surface area contributed by atoms with Crippen molar-refractivity contribution in [2.75, 3.05) is 11.9 Å². The first-order valence-electron chi connectivity index (χ1n) is 11.8. The van der Waals surface area contributed by atoms with Crippen molar-refractivity contribution in [3.8, 4) is 17.4 Å². The Kier molecular flexibility index (Phi) is 7.42. The normalized spacial score (nSPS) is 15.3. The summed E-state index contributed by atoms with van der Waals surface area (Å²) < 4.78 is 23.4. The second kappa shape index (κ2) is 10.5. The topological polar surface area (TPSA) is 122 Å². The third kappa shape index (κ3) is 6.01. The van der Waals surface area contributed by atoms with Gasteiger partial charge in [0.25, 0.3) is 0 Å². The van der Waals surface area contributed by atoms with E-state index in [1.165, 1.54) is 27.6 Å². The molecule has 1 amide bonds. The molecular formula is C25H31FN4O5. The third-order valence-electron chi connectivity index (χ3n) is 5.87. The maximum absolute atomic E-state index is 14.9. The number of ether oxygens (including phenoxy) is 1. The van der Waals surface area contributed by atoms with E-state index in [0.29, 0.717) is 12.0 Å². The molecule has 1 saturated carbocycles. The van der Waals surface area contributed by atoms with Gasteiger partial charge in [0, 0.05) is 18.3 Å². The molecule has 9 nitrogen and oxygen atoms in total. The Labute approximate surface area is 202 Å². The minimum absolute atomic E-state index is 0.0759. The molecule has 2 aromatic heterocycles. The summed E-state index contributed by atoms with van der Waals surface area (Å²) in [5, 5.41) is 36.1. The number of hydrogen-bond acceptors (Lipinski definition) is 6. The molecule has 2 atom stereocenters. The average molecular weight is 487 g/mol. The number of carbonyl (C=O) groups excluding carboxylic acids is 1. The molecule has 2 heterocycles. The SMILES string of the molecule is CC(C)C[C@@H](C(=O)Nc1ccn(C[C@@H](O)CO)n1)n1cc(Oc2cccc(C3CC3)c2F)cc1O. The van der Waals surface area contributed by atoms with Gasteiger partial charge in [-0.1, -0.05) is 26.0 Å². The van der Waals surface area contributed by atoms with Crippen LogP contribution in [0.1, 0.15) is 50.6 Å². The fourth-order valence-electron chi connectivity index (χ4n) is 4.00. The number of hydrogen-bond donors (Lipinski definition) is 4. The van der Waals surface area contributed by atoms with Crippen LogP contribution in [0.25, 0.3) is 0 Å². The van der Waals surface area contributed by atoms with Crippen molar-refractivity contribution in [3.63, 3.8) is 0 Å². The molecule has 1 aliphatic rings. The summed E-state index contributed by atoms with van der Waals surface area (Å²) in [6.07, 6.45) is 4.45.